The number of carbonyl (C=O) groups excluding carboxylic acids is 1. The van der Waals surface area contributed by atoms with E-state index in [1.165, 1.54) is 0 Å². The van der Waals surface area contributed by atoms with Gasteiger partial charge < -0.3 is 5.32 Å². The van der Waals surface area contributed by atoms with Gasteiger partial charge in [0.25, 0.3) is 0 Å². The molecule has 0 fully saturated rings. The van der Waals surface area contributed by atoms with E-state index in [-0.39, 0.29) is 17.6 Å². The number of carbonyl (C=O) groups is 1. The van der Waals surface area contributed by atoms with Gasteiger partial charge in [0.1, 0.15) is 0 Å². The van der Waals surface area contributed by atoms with Gasteiger partial charge in [0.2, 0.25) is 15.9 Å². The van der Waals surface area contributed by atoms with Crippen LogP contribution in [0, 0.1) is 11.8 Å². The first-order chi connectivity index (χ1) is 9.85. The fraction of sp³-hybridized carbons (Fsp3) is 0.400. The van der Waals surface area contributed by atoms with E-state index in [0.717, 1.165) is 12.8 Å². The van der Waals surface area contributed by atoms with E-state index >= 15 is 0 Å². The van der Waals surface area contributed by atoms with Crippen LogP contribution in [0.4, 0.5) is 5.69 Å². The van der Waals surface area contributed by atoms with Crippen LogP contribution in [0.25, 0.3) is 0 Å². The van der Waals surface area contributed by atoms with Gasteiger partial charge in [-0.3, -0.25) is 4.79 Å². The maximum absolute atomic E-state index is 12.3. The van der Waals surface area contributed by atoms with Crippen molar-refractivity contribution in [1.29, 1.82) is 0 Å². The van der Waals surface area contributed by atoms with Gasteiger partial charge in [0, 0.05) is 11.6 Å². The Morgan fingerprint density at radius 2 is 2.05 bits per heavy atom. The lowest BCUT2D eigenvalue weighted by atomic mass is 9.84. The third-order valence-electron chi connectivity index (χ3n) is 3.65. The van der Waals surface area contributed by atoms with Crippen LogP contribution in [-0.2, 0) is 20.6 Å². The van der Waals surface area contributed by atoms with Gasteiger partial charge in [-0.2, -0.15) is 0 Å². The minimum atomic E-state index is -3.57. The fourth-order valence-electron chi connectivity index (χ4n) is 2.52. The summed E-state index contributed by atoms with van der Waals surface area (Å²) in [5.74, 6) is -0.00154. The van der Waals surface area contributed by atoms with Crippen LogP contribution in [0.15, 0.2) is 36.4 Å². The molecular formula is C15H20N2O3S. The van der Waals surface area contributed by atoms with Crippen LogP contribution in [0.1, 0.15) is 25.3 Å². The topological polar surface area (TPSA) is 89.3 Å². The van der Waals surface area contributed by atoms with Crippen LogP contribution in [0.5, 0.6) is 0 Å². The SMILES string of the molecule is C[C@@H]1CC=CC[C@H]1C(=O)Nc1cccc(CS(N)(=O)=O)c1. The molecule has 1 aromatic rings. The summed E-state index contributed by atoms with van der Waals surface area (Å²) in [5.41, 5.74) is 1.16. The predicted molar refractivity (Wildman–Crippen MR) is 82.9 cm³/mol. The first-order valence-corrected chi connectivity index (χ1v) is 8.62. The van der Waals surface area contributed by atoms with Crippen LogP contribution >= 0.6 is 0 Å². The van der Waals surface area contributed by atoms with Crippen molar-refractivity contribution in [2.24, 2.45) is 17.0 Å². The van der Waals surface area contributed by atoms with Gasteiger partial charge in [-0.25, -0.2) is 13.6 Å². The van der Waals surface area contributed by atoms with Gasteiger partial charge >= 0.3 is 0 Å². The second-order valence-electron chi connectivity index (χ2n) is 5.52. The molecule has 2 atom stereocenters. The van der Waals surface area contributed by atoms with E-state index in [4.69, 9.17) is 5.14 Å². The quantitative estimate of drug-likeness (QED) is 0.834. The molecule has 1 aromatic carbocycles. The molecule has 0 unspecified atom stereocenters. The molecular weight excluding hydrogens is 288 g/mol. The lowest BCUT2D eigenvalue weighted by Crippen LogP contribution is -2.29. The molecule has 114 valence electrons. The Bertz CT molecular complexity index is 653. The summed E-state index contributed by atoms with van der Waals surface area (Å²) >= 11 is 0. The molecule has 1 amide bonds. The molecule has 0 heterocycles. The Balaban J connectivity index is 2.07. The lowest BCUT2D eigenvalue weighted by molar-refractivity contribution is -0.121. The summed E-state index contributed by atoms with van der Waals surface area (Å²) in [4.78, 5) is 12.3. The van der Waals surface area contributed by atoms with Crippen molar-refractivity contribution in [3.05, 3.63) is 42.0 Å². The van der Waals surface area contributed by atoms with Crippen LogP contribution < -0.4 is 10.5 Å². The molecule has 0 saturated carbocycles. The fourth-order valence-corrected chi connectivity index (χ4v) is 3.17. The highest BCUT2D eigenvalue weighted by molar-refractivity contribution is 7.88. The number of nitrogens with one attached hydrogen (secondary N) is 1. The first-order valence-electron chi connectivity index (χ1n) is 6.90. The molecule has 0 spiro atoms. The summed E-state index contributed by atoms with van der Waals surface area (Å²) in [6.45, 7) is 2.06. The molecule has 0 aliphatic heterocycles. The predicted octanol–water partition coefficient (Wildman–Crippen LogP) is 2.02. The summed E-state index contributed by atoms with van der Waals surface area (Å²) in [6, 6.07) is 6.77. The summed E-state index contributed by atoms with van der Waals surface area (Å²) in [5, 5.41) is 7.89. The minimum absolute atomic E-state index is 0.0281. The Hall–Kier alpha value is -1.66. The van der Waals surface area contributed by atoms with Gasteiger partial charge in [0.05, 0.1) is 5.75 Å². The number of allylic oxidation sites excluding steroid dienone is 2. The zero-order chi connectivity index (χ0) is 15.5. The number of rotatable bonds is 4. The Kier molecular flexibility index (Phi) is 4.80. The molecule has 21 heavy (non-hydrogen) atoms. The Morgan fingerprint density at radius 3 is 2.71 bits per heavy atom. The summed E-state index contributed by atoms with van der Waals surface area (Å²) in [6.07, 6.45) is 5.77. The van der Waals surface area contributed by atoms with E-state index in [9.17, 15) is 13.2 Å². The van der Waals surface area contributed by atoms with Crippen LogP contribution in [0.2, 0.25) is 0 Å². The third kappa shape index (κ3) is 4.68. The van der Waals surface area contributed by atoms with Crippen molar-refractivity contribution < 1.29 is 13.2 Å². The van der Waals surface area contributed by atoms with Crippen molar-refractivity contribution >= 4 is 21.6 Å². The normalized spacial score (nSPS) is 22.0. The van der Waals surface area contributed by atoms with Gasteiger partial charge in [-0.15, -0.1) is 0 Å². The second-order valence-corrected chi connectivity index (χ2v) is 7.14. The molecule has 3 N–H and O–H groups in total. The monoisotopic (exact) mass is 308 g/mol. The highest BCUT2D eigenvalue weighted by atomic mass is 32.2. The van der Waals surface area contributed by atoms with Crippen LogP contribution in [-0.4, -0.2) is 14.3 Å². The lowest BCUT2D eigenvalue weighted by Gasteiger charge is -2.24. The number of hydrogen-bond acceptors (Lipinski definition) is 3. The van der Waals surface area contributed by atoms with E-state index < -0.39 is 10.0 Å². The summed E-state index contributed by atoms with van der Waals surface area (Å²) < 4.78 is 22.2. The number of primary sulfonamides is 1. The number of sulfonamides is 1. The maximum atomic E-state index is 12.3. The molecule has 2 rings (SSSR count). The Morgan fingerprint density at radius 1 is 1.33 bits per heavy atom. The third-order valence-corrected chi connectivity index (χ3v) is 4.39. The average molecular weight is 308 g/mol. The molecule has 1 aliphatic carbocycles. The number of anilines is 1. The van der Waals surface area contributed by atoms with Gasteiger partial charge in [0.15, 0.2) is 0 Å². The van der Waals surface area contributed by atoms with E-state index in [1.807, 2.05) is 6.08 Å². The molecule has 0 bridgehead atoms. The molecule has 5 nitrogen and oxygen atoms in total. The highest BCUT2D eigenvalue weighted by Crippen LogP contribution is 2.26. The van der Waals surface area contributed by atoms with Gasteiger partial charge in [-0.1, -0.05) is 31.2 Å². The van der Waals surface area contributed by atoms with Crippen LogP contribution in [0.3, 0.4) is 0 Å². The number of benzene rings is 1. The molecule has 0 aromatic heterocycles. The van der Waals surface area contributed by atoms with Crippen molar-refractivity contribution in [1.82, 2.24) is 0 Å². The highest BCUT2D eigenvalue weighted by Gasteiger charge is 2.25. The Labute approximate surface area is 125 Å². The zero-order valence-electron chi connectivity index (χ0n) is 12.0. The van der Waals surface area contributed by atoms with E-state index in [2.05, 4.69) is 18.3 Å². The first kappa shape index (κ1) is 15.7. The number of amides is 1. The average Bonchev–Trinajstić information content (AvgIpc) is 2.37. The molecule has 0 radical (unpaired) electrons. The van der Waals surface area contributed by atoms with Crippen molar-refractivity contribution in [3.63, 3.8) is 0 Å². The minimum Gasteiger partial charge on any atom is -0.326 e. The van der Waals surface area contributed by atoms with E-state index in [1.54, 1.807) is 24.3 Å². The number of nitrogens with two attached hydrogens (primary N) is 1. The van der Waals surface area contributed by atoms with Crippen molar-refractivity contribution in [2.45, 2.75) is 25.5 Å². The second kappa shape index (κ2) is 6.41. The smallest absolute Gasteiger partial charge is 0.228 e. The molecule has 1 aliphatic rings. The van der Waals surface area contributed by atoms with Crippen molar-refractivity contribution in [3.8, 4) is 0 Å². The standard InChI is InChI=1S/C15H20N2O3S/c1-11-5-2-3-8-14(11)15(18)17-13-7-4-6-12(9-13)10-21(16,19)20/h2-4,6-7,9,11,14H,5,8,10H2,1H3,(H,17,18)(H2,16,19,20)/t11-,14-/m1/s1. The molecule has 0 saturated heterocycles. The van der Waals surface area contributed by atoms with Gasteiger partial charge in [-0.05, 0) is 36.5 Å². The number of hydrogen-bond donors (Lipinski definition) is 2. The van der Waals surface area contributed by atoms with E-state index in [0.29, 0.717) is 17.2 Å². The largest absolute Gasteiger partial charge is 0.326 e. The summed E-state index contributed by atoms with van der Waals surface area (Å²) in [7, 11) is -3.57. The maximum Gasteiger partial charge on any atom is 0.228 e. The zero-order valence-corrected chi connectivity index (χ0v) is 12.8. The van der Waals surface area contributed by atoms with Crippen molar-refractivity contribution in [2.75, 3.05) is 5.32 Å². The molecule has 6 heteroatoms.